The van der Waals surface area contributed by atoms with Gasteiger partial charge in [-0.05, 0) is 49.7 Å². The van der Waals surface area contributed by atoms with Crippen LogP contribution < -0.4 is 4.74 Å². The molecule has 1 fully saturated rings. The van der Waals surface area contributed by atoms with Crippen molar-refractivity contribution in [1.82, 2.24) is 9.21 Å². The van der Waals surface area contributed by atoms with Gasteiger partial charge in [0, 0.05) is 26.2 Å². The van der Waals surface area contributed by atoms with Crippen molar-refractivity contribution in [3.05, 3.63) is 59.7 Å². The molecule has 1 amide bonds. The SMILES string of the molecule is Cc1cccc(OC(C)C(=O)N2CCN(S(=O)(=O)c3cc(F)ccc3F)CC2)c1. The number of amides is 1. The zero-order valence-electron chi connectivity index (χ0n) is 16.1. The third-order valence-electron chi connectivity index (χ3n) is 4.71. The van der Waals surface area contributed by atoms with Crippen molar-refractivity contribution in [2.75, 3.05) is 26.2 Å². The average molecular weight is 424 g/mol. The number of hydrogen-bond acceptors (Lipinski definition) is 4. The van der Waals surface area contributed by atoms with E-state index in [0.29, 0.717) is 11.8 Å². The van der Waals surface area contributed by atoms with E-state index in [2.05, 4.69) is 0 Å². The lowest BCUT2D eigenvalue weighted by atomic mass is 10.2. The van der Waals surface area contributed by atoms with E-state index in [1.807, 2.05) is 25.1 Å². The zero-order valence-corrected chi connectivity index (χ0v) is 17.0. The molecule has 1 atom stereocenters. The second-order valence-corrected chi connectivity index (χ2v) is 8.79. The Hall–Kier alpha value is -2.52. The van der Waals surface area contributed by atoms with Crippen LogP contribution in [0.2, 0.25) is 0 Å². The van der Waals surface area contributed by atoms with Gasteiger partial charge in [-0.15, -0.1) is 0 Å². The number of halogens is 2. The quantitative estimate of drug-likeness (QED) is 0.740. The van der Waals surface area contributed by atoms with Crippen molar-refractivity contribution in [3.63, 3.8) is 0 Å². The van der Waals surface area contributed by atoms with Crippen LogP contribution in [0, 0.1) is 18.6 Å². The third kappa shape index (κ3) is 4.73. The lowest BCUT2D eigenvalue weighted by Gasteiger charge is -2.35. The number of rotatable bonds is 5. The van der Waals surface area contributed by atoms with E-state index in [1.165, 1.54) is 4.90 Å². The molecule has 1 saturated heterocycles. The van der Waals surface area contributed by atoms with Gasteiger partial charge >= 0.3 is 0 Å². The second kappa shape index (κ2) is 8.46. The highest BCUT2D eigenvalue weighted by molar-refractivity contribution is 7.89. The average Bonchev–Trinajstić information content (AvgIpc) is 2.69. The Bertz CT molecular complexity index is 1010. The van der Waals surface area contributed by atoms with E-state index < -0.39 is 32.7 Å². The molecular weight excluding hydrogens is 402 g/mol. The number of carbonyl (C=O) groups excluding carboxylic acids is 1. The normalized spacial score (nSPS) is 16.5. The Morgan fingerprint density at radius 2 is 1.76 bits per heavy atom. The first kappa shape index (κ1) is 21.2. The summed E-state index contributed by atoms with van der Waals surface area (Å²) in [4.78, 5) is 13.4. The van der Waals surface area contributed by atoms with Crippen LogP contribution in [-0.4, -0.2) is 55.8 Å². The van der Waals surface area contributed by atoms with Crippen molar-refractivity contribution < 1.29 is 26.7 Å². The van der Waals surface area contributed by atoms with Crippen molar-refractivity contribution in [2.45, 2.75) is 24.8 Å². The predicted octanol–water partition coefficient (Wildman–Crippen LogP) is 2.57. The predicted molar refractivity (Wildman–Crippen MR) is 103 cm³/mol. The number of benzene rings is 2. The zero-order chi connectivity index (χ0) is 21.2. The number of piperazine rings is 1. The number of carbonyl (C=O) groups is 1. The smallest absolute Gasteiger partial charge is 0.263 e. The maximum atomic E-state index is 13.9. The van der Waals surface area contributed by atoms with Crippen LogP contribution in [0.25, 0.3) is 0 Å². The second-order valence-electron chi connectivity index (χ2n) is 6.88. The van der Waals surface area contributed by atoms with Gasteiger partial charge in [0.05, 0.1) is 0 Å². The summed E-state index contributed by atoms with van der Waals surface area (Å²) in [5.41, 5.74) is 1.01. The Labute approximate surface area is 168 Å². The lowest BCUT2D eigenvalue weighted by Crippen LogP contribution is -2.53. The first-order chi connectivity index (χ1) is 13.7. The summed E-state index contributed by atoms with van der Waals surface area (Å²) in [6, 6.07) is 9.64. The molecule has 1 aliphatic rings. The molecule has 3 rings (SSSR count). The molecule has 1 heterocycles. The van der Waals surface area contributed by atoms with E-state index in [4.69, 9.17) is 4.74 Å². The highest BCUT2D eigenvalue weighted by Gasteiger charge is 2.33. The monoisotopic (exact) mass is 424 g/mol. The summed E-state index contributed by atoms with van der Waals surface area (Å²) in [6.07, 6.45) is -0.736. The van der Waals surface area contributed by atoms with Crippen LogP contribution in [-0.2, 0) is 14.8 Å². The van der Waals surface area contributed by atoms with Gasteiger partial charge < -0.3 is 9.64 Å². The Morgan fingerprint density at radius 3 is 2.41 bits per heavy atom. The van der Waals surface area contributed by atoms with Crippen molar-refractivity contribution in [1.29, 1.82) is 0 Å². The van der Waals surface area contributed by atoms with Crippen LogP contribution in [0.5, 0.6) is 5.75 Å². The van der Waals surface area contributed by atoms with Gasteiger partial charge in [0.15, 0.2) is 6.10 Å². The molecule has 1 unspecified atom stereocenters. The topological polar surface area (TPSA) is 66.9 Å². The van der Waals surface area contributed by atoms with Crippen LogP contribution >= 0.6 is 0 Å². The molecule has 6 nitrogen and oxygen atoms in total. The molecule has 2 aromatic carbocycles. The van der Waals surface area contributed by atoms with Crippen LogP contribution in [0.15, 0.2) is 47.4 Å². The van der Waals surface area contributed by atoms with Crippen molar-refractivity contribution >= 4 is 15.9 Å². The Morgan fingerprint density at radius 1 is 1.07 bits per heavy atom. The molecule has 0 aliphatic carbocycles. The summed E-state index contributed by atoms with van der Waals surface area (Å²) >= 11 is 0. The lowest BCUT2D eigenvalue weighted by molar-refractivity contribution is -0.139. The molecule has 9 heteroatoms. The molecule has 0 bridgehead atoms. The van der Waals surface area contributed by atoms with Crippen LogP contribution in [0.1, 0.15) is 12.5 Å². The summed E-state index contributed by atoms with van der Waals surface area (Å²) < 4.78 is 59.3. The van der Waals surface area contributed by atoms with E-state index >= 15 is 0 Å². The van der Waals surface area contributed by atoms with Gasteiger partial charge in [-0.3, -0.25) is 4.79 Å². The van der Waals surface area contributed by atoms with E-state index in [-0.39, 0.29) is 32.1 Å². The van der Waals surface area contributed by atoms with E-state index in [9.17, 15) is 22.0 Å². The highest BCUT2D eigenvalue weighted by Crippen LogP contribution is 2.22. The van der Waals surface area contributed by atoms with Gasteiger partial charge in [0.2, 0.25) is 10.0 Å². The molecule has 0 aromatic heterocycles. The number of aryl methyl sites for hydroxylation is 1. The largest absolute Gasteiger partial charge is 0.481 e. The third-order valence-corrected chi connectivity index (χ3v) is 6.63. The molecule has 0 N–H and O–H groups in total. The number of hydrogen-bond donors (Lipinski definition) is 0. The van der Waals surface area contributed by atoms with E-state index in [0.717, 1.165) is 22.0 Å². The molecule has 29 heavy (non-hydrogen) atoms. The summed E-state index contributed by atoms with van der Waals surface area (Å²) in [5.74, 6) is -1.53. The summed E-state index contributed by atoms with van der Waals surface area (Å²) in [6.45, 7) is 3.80. The van der Waals surface area contributed by atoms with E-state index in [1.54, 1.807) is 13.0 Å². The minimum atomic E-state index is -4.19. The fourth-order valence-electron chi connectivity index (χ4n) is 3.16. The first-order valence-electron chi connectivity index (χ1n) is 9.16. The fraction of sp³-hybridized carbons (Fsp3) is 0.350. The fourth-order valence-corrected chi connectivity index (χ4v) is 4.66. The minimum Gasteiger partial charge on any atom is -0.481 e. The minimum absolute atomic E-state index is 0.0127. The van der Waals surface area contributed by atoms with Gasteiger partial charge in [-0.1, -0.05) is 12.1 Å². The number of sulfonamides is 1. The van der Waals surface area contributed by atoms with Gasteiger partial charge in [0.25, 0.3) is 5.91 Å². The maximum absolute atomic E-state index is 13.9. The first-order valence-corrected chi connectivity index (χ1v) is 10.6. The molecule has 2 aromatic rings. The van der Waals surface area contributed by atoms with Crippen molar-refractivity contribution in [3.8, 4) is 5.75 Å². The molecular formula is C20H22F2N2O4S. The molecule has 0 spiro atoms. The van der Waals surface area contributed by atoms with Gasteiger partial charge in [-0.2, -0.15) is 4.31 Å². The highest BCUT2D eigenvalue weighted by atomic mass is 32.2. The van der Waals surface area contributed by atoms with Gasteiger partial charge in [-0.25, -0.2) is 17.2 Å². The van der Waals surface area contributed by atoms with Crippen LogP contribution in [0.3, 0.4) is 0 Å². The van der Waals surface area contributed by atoms with Crippen LogP contribution in [0.4, 0.5) is 8.78 Å². The Balaban J connectivity index is 1.63. The molecule has 0 radical (unpaired) electrons. The molecule has 1 aliphatic heterocycles. The summed E-state index contributed by atoms with van der Waals surface area (Å²) in [7, 11) is -4.19. The molecule has 156 valence electrons. The molecule has 0 saturated carbocycles. The maximum Gasteiger partial charge on any atom is 0.263 e. The Kier molecular flexibility index (Phi) is 6.18. The van der Waals surface area contributed by atoms with Crippen molar-refractivity contribution in [2.24, 2.45) is 0 Å². The number of ether oxygens (including phenoxy) is 1. The standard InChI is InChI=1S/C20H22F2N2O4S/c1-14-4-3-5-17(12-14)28-15(2)20(25)23-8-10-24(11-9-23)29(26,27)19-13-16(21)6-7-18(19)22/h3-7,12-13,15H,8-11H2,1-2H3. The number of nitrogens with zero attached hydrogens (tertiary/aromatic N) is 2. The van der Waals surface area contributed by atoms with Gasteiger partial charge in [0.1, 0.15) is 22.3 Å². The summed E-state index contributed by atoms with van der Waals surface area (Å²) in [5, 5.41) is 0.